The van der Waals surface area contributed by atoms with Crippen LogP contribution in [-0.4, -0.2) is 30.1 Å². The second-order valence-electron chi connectivity index (χ2n) is 7.25. The molecule has 1 rings (SSSR count). The lowest BCUT2D eigenvalue weighted by Crippen LogP contribution is -2.44. The summed E-state index contributed by atoms with van der Waals surface area (Å²) in [6, 6.07) is 9.36. The van der Waals surface area contributed by atoms with Crippen LogP contribution in [0.5, 0.6) is 0 Å². The van der Waals surface area contributed by atoms with E-state index in [0.717, 1.165) is 13.1 Å². The highest BCUT2D eigenvalue weighted by molar-refractivity contribution is 5.22. The minimum atomic E-state index is 0.198. The quantitative estimate of drug-likeness (QED) is 0.849. The van der Waals surface area contributed by atoms with Gasteiger partial charge in [0.25, 0.3) is 0 Å². The molecular formula is C18H32N2. The lowest BCUT2D eigenvalue weighted by atomic mass is 9.99. The number of benzene rings is 1. The molecule has 2 nitrogen and oxygen atoms in total. The van der Waals surface area contributed by atoms with Gasteiger partial charge in [0.05, 0.1) is 0 Å². The Hall–Kier alpha value is -0.860. The van der Waals surface area contributed by atoms with E-state index in [1.54, 1.807) is 0 Å². The highest BCUT2D eigenvalue weighted by atomic mass is 15.1. The molecule has 0 aromatic heterocycles. The smallest absolute Gasteiger partial charge is 0.0233 e. The van der Waals surface area contributed by atoms with Crippen molar-refractivity contribution >= 4 is 0 Å². The summed E-state index contributed by atoms with van der Waals surface area (Å²) >= 11 is 0. The molecule has 0 bridgehead atoms. The minimum Gasteiger partial charge on any atom is -0.312 e. The molecule has 20 heavy (non-hydrogen) atoms. The lowest BCUT2D eigenvalue weighted by molar-refractivity contribution is 0.182. The van der Waals surface area contributed by atoms with E-state index >= 15 is 0 Å². The SMILES string of the molecule is Cc1cccc(CN(C)C(C)C(C)CNC(C)(C)C)c1. The van der Waals surface area contributed by atoms with Gasteiger partial charge in [-0.1, -0.05) is 36.8 Å². The minimum absolute atomic E-state index is 0.198. The van der Waals surface area contributed by atoms with Crippen LogP contribution < -0.4 is 5.32 Å². The third kappa shape index (κ3) is 6.06. The summed E-state index contributed by atoms with van der Waals surface area (Å²) in [5, 5.41) is 3.60. The first-order valence-corrected chi connectivity index (χ1v) is 7.70. The van der Waals surface area contributed by atoms with Crippen LogP contribution in [0.1, 0.15) is 45.7 Å². The summed E-state index contributed by atoms with van der Waals surface area (Å²) in [5.74, 6) is 0.629. The van der Waals surface area contributed by atoms with Gasteiger partial charge in [-0.2, -0.15) is 0 Å². The Morgan fingerprint density at radius 2 is 1.85 bits per heavy atom. The van der Waals surface area contributed by atoms with E-state index in [2.05, 4.69) is 83.1 Å². The van der Waals surface area contributed by atoms with Crippen LogP contribution in [0.2, 0.25) is 0 Å². The summed E-state index contributed by atoms with van der Waals surface area (Å²) in [6.45, 7) is 15.6. The monoisotopic (exact) mass is 276 g/mol. The Balaban J connectivity index is 2.51. The largest absolute Gasteiger partial charge is 0.312 e. The molecule has 0 aliphatic heterocycles. The van der Waals surface area contributed by atoms with Gasteiger partial charge < -0.3 is 5.32 Å². The number of hydrogen-bond donors (Lipinski definition) is 1. The maximum atomic E-state index is 3.60. The Bertz CT molecular complexity index is 406. The molecule has 2 heteroatoms. The number of nitrogens with zero attached hydrogens (tertiary/aromatic N) is 1. The van der Waals surface area contributed by atoms with E-state index in [1.807, 2.05) is 0 Å². The number of rotatable bonds is 6. The van der Waals surface area contributed by atoms with Gasteiger partial charge in [-0.3, -0.25) is 4.90 Å². The van der Waals surface area contributed by atoms with Crippen molar-refractivity contribution in [1.82, 2.24) is 10.2 Å². The van der Waals surface area contributed by atoms with E-state index in [4.69, 9.17) is 0 Å². The highest BCUT2D eigenvalue weighted by Gasteiger charge is 2.19. The molecular weight excluding hydrogens is 244 g/mol. The molecule has 0 aliphatic carbocycles. The topological polar surface area (TPSA) is 15.3 Å². The van der Waals surface area contributed by atoms with Gasteiger partial charge in [0, 0.05) is 18.1 Å². The zero-order valence-corrected chi connectivity index (χ0v) is 14.3. The Morgan fingerprint density at radius 1 is 1.20 bits per heavy atom. The fourth-order valence-electron chi connectivity index (χ4n) is 2.31. The summed E-state index contributed by atoms with van der Waals surface area (Å²) in [7, 11) is 2.22. The average molecular weight is 276 g/mol. The molecule has 0 radical (unpaired) electrons. The van der Waals surface area contributed by atoms with Gasteiger partial charge in [-0.05, 0) is 59.7 Å². The molecule has 114 valence electrons. The van der Waals surface area contributed by atoms with Gasteiger partial charge in [-0.25, -0.2) is 0 Å². The first-order chi connectivity index (χ1) is 9.19. The Labute approximate surface area is 125 Å². The maximum absolute atomic E-state index is 3.60. The molecule has 2 atom stereocenters. The van der Waals surface area contributed by atoms with E-state index in [-0.39, 0.29) is 5.54 Å². The van der Waals surface area contributed by atoms with Crippen LogP contribution in [0.25, 0.3) is 0 Å². The predicted octanol–water partition coefficient (Wildman–Crippen LogP) is 3.84. The zero-order valence-electron chi connectivity index (χ0n) is 14.3. The first-order valence-electron chi connectivity index (χ1n) is 7.70. The van der Waals surface area contributed by atoms with Crippen molar-refractivity contribution in [1.29, 1.82) is 0 Å². The molecule has 0 saturated carbocycles. The maximum Gasteiger partial charge on any atom is 0.0233 e. The molecule has 1 N–H and O–H groups in total. The summed E-state index contributed by atoms with van der Waals surface area (Å²) < 4.78 is 0. The van der Waals surface area contributed by atoms with E-state index in [1.165, 1.54) is 11.1 Å². The van der Waals surface area contributed by atoms with Gasteiger partial charge in [0.2, 0.25) is 0 Å². The van der Waals surface area contributed by atoms with Crippen LogP contribution in [-0.2, 0) is 6.54 Å². The van der Waals surface area contributed by atoms with Crippen LogP contribution in [0, 0.1) is 12.8 Å². The van der Waals surface area contributed by atoms with E-state index < -0.39 is 0 Å². The van der Waals surface area contributed by atoms with Crippen LogP contribution in [0.3, 0.4) is 0 Å². The average Bonchev–Trinajstić information content (AvgIpc) is 2.34. The molecule has 2 unspecified atom stereocenters. The standard InChI is InChI=1S/C18H32N2/c1-14-9-8-10-17(11-14)13-20(7)16(3)15(2)12-19-18(4,5)6/h8-11,15-16,19H,12-13H2,1-7H3. The van der Waals surface area contributed by atoms with Crippen molar-refractivity contribution in [2.75, 3.05) is 13.6 Å². The number of hydrogen-bond acceptors (Lipinski definition) is 2. The summed E-state index contributed by atoms with van der Waals surface area (Å²) in [4.78, 5) is 2.45. The molecule has 1 aromatic carbocycles. The van der Waals surface area contributed by atoms with Gasteiger partial charge >= 0.3 is 0 Å². The molecule has 0 fully saturated rings. The lowest BCUT2D eigenvalue weighted by Gasteiger charge is -2.32. The Kier molecular flexibility index (Phi) is 6.22. The van der Waals surface area contributed by atoms with Crippen molar-refractivity contribution < 1.29 is 0 Å². The van der Waals surface area contributed by atoms with Crippen LogP contribution >= 0.6 is 0 Å². The fourth-order valence-corrected chi connectivity index (χ4v) is 2.31. The Morgan fingerprint density at radius 3 is 2.40 bits per heavy atom. The van der Waals surface area contributed by atoms with E-state index in [9.17, 15) is 0 Å². The van der Waals surface area contributed by atoms with Gasteiger partial charge in [0.1, 0.15) is 0 Å². The van der Waals surface area contributed by atoms with Crippen molar-refractivity contribution in [3.05, 3.63) is 35.4 Å². The van der Waals surface area contributed by atoms with Crippen molar-refractivity contribution in [3.63, 3.8) is 0 Å². The summed E-state index contributed by atoms with van der Waals surface area (Å²) in [6.07, 6.45) is 0. The fraction of sp³-hybridized carbons (Fsp3) is 0.667. The van der Waals surface area contributed by atoms with Crippen LogP contribution in [0.15, 0.2) is 24.3 Å². The molecule has 0 saturated heterocycles. The predicted molar refractivity (Wildman–Crippen MR) is 89.0 cm³/mol. The van der Waals surface area contributed by atoms with Crippen molar-refractivity contribution in [3.8, 4) is 0 Å². The second kappa shape index (κ2) is 7.24. The van der Waals surface area contributed by atoms with Crippen molar-refractivity contribution in [2.45, 2.75) is 59.7 Å². The molecule has 0 amide bonds. The molecule has 1 aromatic rings. The second-order valence-corrected chi connectivity index (χ2v) is 7.25. The summed E-state index contributed by atoms with van der Waals surface area (Å²) in [5.41, 5.74) is 2.93. The van der Waals surface area contributed by atoms with Gasteiger partial charge in [-0.15, -0.1) is 0 Å². The molecule has 0 heterocycles. The highest BCUT2D eigenvalue weighted by Crippen LogP contribution is 2.14. The normalized spacial score (nSPS) is 15.4. The third-order valence-electron chi connectivity index (χ3n) is 3.99. The van der Waals surface area contributed by atoms with Gasteiger partial charge in [0.15, 0.2) is 0 Å². The number of nitrogens with one attached hydrogen (secondary N) is 1. The molecule has 0 spiro atoms. The molecule has 0 aliphatic rings. The van der Waals surface area contributed by atoms with Crippen LogP contribution in [0.4, 0.5) is 0 Å². The van der Waals surface area contributed by atoms with E-state index in [0.29, 0.717) is 12.0 Å². The number of aryl methyl sites for hydroxylation is 1. The van der Waals surface area contributed by atoms with Crippen molar-refractivity contribution in [2.24, 2.45) is 5.92 Å². The first kappa shape index (κ1) is 17.2. The zero-order chi connectivity index (χ0) is 15.3. The third-order valence-corrected chi connectivity index (χ3v) is 3.99.